The predicted molar refractivity (Wildman–Crippen MR) is 60.9 cm³/mol. The molecule has 0 bridgehead atoms. The lowest BCUT2D eigenvalue weighted by atomic mass is 13.8. The summed E-state index contributed by atoms with van der Waals surface area (Å²) in [6.07, 6.45) is 0. The summed E-state index contributed by atoms with van der Waals surface area (Å²) in [5, 5.41) is 0. The van der Waals surface area contributed by atoms with Crippen molar-refractivity contribution in [1.82, 2.24) is 14.6 Å². The molecule has 0 aliphatic rings. The first kappa shape index (κ1) is 13.4. The molecule has 6 nitrogen and oxygen atoms in total. The lowest BCUT2D eigenvalue weighted by Crippen LogP contribution is -1.86. The van der Waals surface area contributed by atoms with E-state index in [1.54, 1.807) is 0 Å². The molecule has 3 N–H and O–H groups in total. The molecule has 0 amide bonds. The van der Waals surface area contributed by atoms with Gasteiger partial charge in [0.05, 0.1) is 8.88 Å². The molecule has 0 heterocycles. The van der Waals surface area contributed by atoms with Crippen LogP contribution in [0.4, 0.5) is 0 Å². The van der Waals surface area contributed by atoms with E-state index in [2.05, 4.69) is 28.5 Å². The van der Waals surface area contributed by atoms with Crippen LogP contribution in [0.2, 0.25) is 0 Å². The second kappa shape index (κ2) is 10.5. The first-order valence-electron chi connectivity index (χ1n) is 2.43. The quantitative estimate of drug-likeness (QED) is 0.504. The minimum Gasteiger partial charge on any atom is -0.269 e. The Morgan fingerprint density at radius 3 is 2.83 bits per heavy atom. The van der Waals surface area contributed by atoms with Crippen LogP contribution < -0.4 is 14.6 Å². The highest BCUT2D eigenvalue weighted by atomic mass is 32.5. The van der Waals surface area contributed by atoms with E-state index >= 15 is 0 Å². The summed E-state index contributed by atoms with van der Waals surface area (Å²) in [6.45, 7) is 0. The molecular weight excluding hydrogens is 275 g/mol. The molecule has 0 aromatic rings. The topological polar surface area (TPSA) is 82.6 Å². The van der Waals surface area contributed by atoms with Gasteiger partial charge in [0, 0.05) is 8.88 Å². The molecule has 0 spiro atoms. The summed E-state index contributed by atoms with van der Waals surface area (Å²) in [4.78, 5) is 8.38. The Kier molecular flexibility index (Phi) is 11.7. The second-order valence-corrected chi connectivity index (χ2v) is 7.60. The fraction of sp³-hybridized carbons (Fsp3) is 0. The SMILES string of the molecule is O=S(=O)=PNP=NPNPNP. The summed E-state index contributed by atoms with van der Waals surface area (Å²) in [6, 6.07) is 0. The molecule has 0 fully saturated rings. The van der Waals surface area contributed by atoms with Gasteiger partial charge < -0.3 is 0 Å². The summed E-state index contributed by atoms with van der Waals surface area (Å²) in [7, 11) is 1.76. The van der Waals surface area contributed by atoms with E-state index in [9.17, 15) is 8.42 Å². The van der Waals surface area contributed by atoms with Crippen LogP contribution in [-0.4, -0.2) is 8.42 Å². The fourth-order valence-electron chi connectivity index (χ4n) is 0.188. The molecule has 12 heavy (non-hydrogen) atoms. The van der Waals surface area contributed by atoms with E-state index < -0.39 is 9.88 Å². The zero-order valence-corrected chi connectivity index (χ0v) is 11.4. The third kappa shape index (κ3) is 11.4. The molecule has 70 valence electrons. The van der Waals surface area contributed by atoms with Crippen molar-refractivity contribution in [3.05, 3.63) is 0 Å². The van der Waals surface area contributed by atoms with Gasteiger partial charge in [-0.15, -0.1) is 0 Å². The Morgan fingerprint density at radius 2 is 2.25 bits per heavy atom. The lowest BCUT2D eigenvalue weighted by molar-refractivity contribution is 0.628. The van der Waals surface area contributed by atoms with Gasteiger partial charge in [0.15, 0.2) is 0 Å². The number of hydrogen-bond acceptors (Lipinski definition) is 5. The van der Waals surface area contributed by atoms with Crippen LogP contribution in [0.1, 0.15) is 0 Å². The maximum atomic E-state index is 9.99. The second-order valence-electron chi connectivity index (χ2n) is 1.11. The number of rotatable bonds is 6. The van der Waals surface area contributed by atoms with Crippen LogP contribution in [-0.2, 0) is 9.88 Å². The van der Waals surface area contributed by atoms with Crippen molar-refractivity contribution in [1.29, 1.82) is 0 Å². The van der Waals surface area contributed by atoms with E-state index in [1.807, 2.05) is 0 Å². The summed E-state index contributed by atoms with van der Waals surface area (Å²) >= 11 is 0. The van der Waals surface area contributed by atoms with Crippen LogP contribution in [0.5, 0.6) is 0 Å². The fourth-order valence-corrected chi connectivity index (χ4v) is 4.12. The zero-order chi connectivity index (χ0) is 9.23. The third-order valence-corrected chi connectivity index (χ3v) is 4.79. The van der Waals surface area contributed by atoms with Gasteiger partial charge >= 0.3 is 0 Å². The van der Waals surface area contributed by atoms with Gasteiger partial charge in [-0.3, -0.25) is 4.86 Å². The lowest BCUT2D eigenvalue weighted by Gasteiger charge is -1.94. The van der Waals surface area contributed by atoms with Crippen LogP contribution in [0.15, 0.2) is 4.52 Å². The molecule has 0 aromatic carbocycles. The van der Waals surface area contributed by atoms with Gasteiger partial charge in [-0.05, 0) is 0 Å². The number of hydrogen-bond donors (Lipinski definition) is 3. The van der Waals surface area contributed by atoms with Crippen LogP contribution >= 0.6 is 43.2 Å². The smallest absolute Gasteiger partial charge is 0.251 e. The standard InChI is InChI=1S/H7N4O2P5S/c5-12(6)11-4-10-3-9-2-8-1-7/h1-2,8-9H,7H2,(H,3,4). The van der Waals surface area contributed by atoms with Crippen LogP contribution in [0, 0.1) is 0 Å². The Morgan fingerprint density at radius 1 is 1.50 bits per heavy atom. The highest BCUT2D eigenvalue weighted by Gasteiger charge is 1.78. The number of nitrogens with one attached hydrogen (secondary N) is 3. The van der Waals surface area contributed by atoms with E-state index in [0.717, 1.165) is 0 Å². The van der Waals surface area contributed by atoms with E-state index in [1.165, 1.54) is 0 Å². The molecular formula is H7N4O2P5S. The van der Waals surface area contributed by atoms with E-state index in [-0.39, 0.29) is 16.4 Å². The Hall–Kier alpha value is 1.39. The summed E-state index contributed by atoms with van der Waals surface area (Å²) < 4.78 is 23.9. The van der Waals surface area contributed by atoms with Crippen molar-refractivity contribution >= 4 is 53.1 Å². The molecule has 0 aliphatic heterocycles. The first-order valence-corrected chi connectivity index (χ1v) is 8.37. The van der Waals surface area contributed by atoms with Crippen molar-refractivity contribution in [3.63, 3.8) is 0 Å². The van der Waals surface area contributed by atoms with Gasteiger partial charge in [-0.2, -0.15) is 13.3 Å². The van der Waals surface area contributed by atoms with Crippen LogP contribution in [0.3, 0.4) is 0 Å². The highest BCUT2D eigenvalue weighted by molar-refractivity contribution is 8.05. The molecule has 0 radical (unpaired) electrons. The molecule has 0 saturated carbocycles. The summed E-state index contributed by atoms with van der Waals surface area (Å²) in [5.74, 6) is 0. The van der Waals surface area contributed by atoms with Crippen molar-refractivity contribution in [2.45, 2.75) is 0 Å². The Bertz CT molecular complexity index is 238. The molecule has 0 rings (SSSR count). The minimum atomic E-state index is -2.06. The molecule has 3 unspecified atom stereocenters. The molecule has 0 aromatic heterocycles. The maximum absolute atomic E-state index is 9.99. The van der Waals surface area contributed by atoms with Crippen molar-refractivity contribution in [2.24, 2.45) is 4.52 Å². The van der Waals surface area contributed by atoms with Crippen LogP contribution in [0.25, 0.3) is 0 Å². The zero-order valence-electron chi connectivity index (χ0n) is 5.64. The minimum absolute atomic E-state index is 0.168. The summed E-state index contributed by atoms with van der Waals surface area (Å²) in [5.41, 5.74) is 0. The van der Waals surface area contributed by atoms with Crippen molar-refractivity contribution in [3.8, 4) is 0 Å². The average Bonchev–Trinajstić information content (AvgIpc) is 2.02. The van der Waals surface area contributed by atoms with Crippen molar-refractivity contribution < 1.29 is 8.42 Å². The molecule has 0 aliphatic carbocycles. The average molecular weight is 282 g/mol. The van der Waals surface area contributed by atoms with E-state index in [0.29, 0.717) is 17.4 Å². The molecule has 12 heteroatoms. The Labute approximate surface area is 80.8 Å². The third-order valence-electron chi connectivity index (χ3n) is 0.451. The van der Waals surface area contributed by atoms with Crippen molar-refractivity contribution in [2.75, 3.05) is 0 Å². The van der Waals surface area contributed by atoms with Gasteiger partial charge in [0.25, 0.3) is 9.88 Å². The first-order chi connectivity index (χ1) is 5.77. The maximum Gasteiger partial charge on any atom is 0.251 e. The van der Waals surface area contributed by atoms with Gasteiger partial charge in [0.2, 0.25) is 0 Å². The largest absolute Gasteiger partial charge is 0.269 e. The van der Waals surface area contributed by atoms with Gasteiger partial charge in [-0.1, -0.05) is 9.39 Å². The monoisotopic (exact) mass is 282 g/mol. The molecule has 3 atom stereocenters. The van der Waals surface area contributed by atoms with E-state index in [4.69, 9.17) is 0 Å². The highest BCUT2D eigenvalue weighted by Crippen LogP contribution is 2.18. The van der Waals surface area contributed by atoms with Gasteiger partial charge in [-0.25, -0.2) is 9.37 Å². The Balaban J connectivity index is 3.32. The van der Waals surface area contributed by atoms with Gasteiger partial charge in [0.1, 0.15) is 16.0 Å². The molecule has 0 saturated heterocycles. The normalized spacial score (nSPS) is 13.1. The number of nitrogens with zero attached hydrogens (tertiary/aromatic N) is 1. The predicted octanol–water partition coefficient (Wildman–Crippen LogP) is 1.26.